The SMILES string of the molecule is COC(=O)CC[C@@H](C)[C@H]1CC[C@H]2[C@@H]3CC[C@@H]4[C@@H](O)[C@@H](O)CC[C@]4(C)[C@H]3CC[C@]12C. The quantitative estimate of drug-likeness (QED) is 0.671. The number of carbonyl (C=O) groups is 1. The maximum Gasteiger partial charge on any atom is 0.305 e. The van der Waals surface area contributed by atoms with Crippen LogP contribution in [0.15, 0.2) is 0 Å². The molecule has 0 saturated heterocycles. The van der Waals surface area contributed by atoms with Gasteiger partial charge >= 0.3 is 5.97 Å². The van der Waals surface area contributed by atoms with E-state index in [9.17, 15) is 15.0 Å². The highest BCUT2D eigenvalue weighted by Crippen LogP contribution is 2.68. The average molecular weight is 407 g/mol. The number of carbonyl (C=O) groups excluding carboxylic acids is 1. The van der Waals surface area contributed by atoms with Crippen LogP contribution in [0.1, 0.15) is 85.0 Å². The summed E-state index contributed by atoms with van der Waals surface area (Å²) in [5.74, 6) is 3.73. The second-order valence-electron chi connectivity index (χ2n) is 11.5. The van der Waals surface area contributed by atoms with Crippen molar-refractivity contribution in [3.63, 3.8) is 0 Å². The van der Waals surface area contributed by atoms with Gasteiger partial charge in [0.05, 0.1) is 19.3 Å². The maximum absolute atomic E-state index is 11.6. The molecule has 4 fully saturated rings. The molecule has 0 spiro atoms. The summed E-state index contributed by atoms with van der Waals surface area (Å²) in [7, 11) is 1.49. The summed E-state index contributed by atoms with van der Waals surface area (Å²) in [6.07, 6.45) is 9.74. The van der Waals surface area contributed by atoms with Gasteiger partial charge in [0.2, 0.25) is 0 Å². The molecule has 0 aromatic rings. The minimum atomic E-state index is -0.530. The third kappa shape index (κ3) is 3.37. The summed E-state index contributed by atoms with van der Waals surface area (Å²) in [5.41, 5.74) is 0.587. The van der Waals surface area contributed by atoms with Crippen molar-refractivity contribution in [1.82, 2.24) is 0 Å². The zero-order valence-corrected chi connectivity index (χ0v) is 18.9. The Morgan fingerprint density at radius 2 is 1.62 bits per heavy atom. The van der Waals surface area contributed by atoms with Gasteiger partial charge in [0.1, 0.15) is 0 Å². The second-order valence-corrected chi connectivity index (χ2v) is 11.5. The molecule has 4 nitrogen and oxygen atoms in total. The first-order chi connectivity index (χ1) is 13.7. The first kappa shape index (κ1) is 21.6. The Bertz CT molecular complexity index is 620. The molecule has 0 amide bonds. The van der Waals surface area contributed by atoms with E-state index in [4.69, 9.17) is 4.74 Å². The van der Waals surface area contributed by atoms with Crippen molar-refractivity contribution >= 4 is 5.97 Å². The van der Waals surface area contributed by atoms with Crippen LogP contribution in [0.5, 0.6) is 0 Å². The molecular formula is C25H42O4. The second kappa shape index (κ2) is 7.82. The van der Waals surface area contributed by atoms with E-state index < -0.39 is 12.2 Å². The van der Waals surface area contributed by atoms with E-state index in [1.807, 2.05) is 0 Å². The van der Waals surface area contributed by atoms with Crippen molar-refractivity contribution in [3.8, 4) is 0 Å². The van der Waals surface area contributed by atoms with Crippen molar-refractivity contribution in [2.75, 3.05) is 7.11 Å². The molecule has 4 saturated carbocycles. The predicted octanol–water partition coefficient (Wildman–Crippen LogP) is 4.57. The van der Waals surface area contributed by atoms with E-state index in [1.54, 1.807) is 0 Å². The van der Waals surface area contributed by atoms with Gasteiger partial charge in [-0.05, 0) is 104 Å². The van der Waals surface area contributed by atoms with Crippen LogP contribution in [0.25, 0.3) is 0 Å². The maximum atomic E-state index is 11.6. The molecule has 4 aliphatic carbocycles. The largest absolute Gasteiger partial charge is 0.469 e. The lowest BCUT2D eigenvalue weighted by Crippen LogP contribution is -2.58. The summed E-state index contributed by atoms with van der Waals surface area (Å²) >= 11 is 0. The molecule has 4 aliphatic rings. The molecule has 0 heterocycles. The topological polar surface area (TPSA) is 66.8 Å². The Kier molecular flexibility index (Phi) is 5.83. The van der Waals surface area contributed by atoms with Crippen LogP contribution in [0.4, 0.5) is 0 Å². The summed E-state index contributed by atoms with van der Waals surface area (Å²) in [6, 6.07) is 0. The summed E-state index contributed by atoms with van der Waals surface area (Å²) in [4.78, 5) is 11.6. The van der Waals surface area contributed by atoms with E-state index in [-0.39, 0.29) is 17.3 Å². The van der Waals surface area contributed by atoms with Gasteiger partial charge in [0.25, 0.3) is 0 Å². The molecule has 0 unspecified atom stereocenters. The number of rotatable bonds is 4. The van der Waals surface area contributed by atoms with Crippen LogP contribution in [0.2, 0.25) is 0 Å². The first-order valence-electron chi connectivity index (χ1n) is 12.2. The van der Waals surface area contributed by atoms with Crippen molar-refractivity contribution in [2.24, 2.45) is 46.3 Å². The zero-order valence-electron chi connectivity index (χ0n) is 18.9. The summed E-state index contributed by atoms with van der Waals surface area (Å²) < 4.78 is 4.87. The fourth-order valence-electron chi connectivity index (χ4n) is 8.94. The highest BCUT2D eigenvalue weighted by atomic mass is 16.5. The number of methoxy groups -OCH3 is 1. The lowest BCUT2D eigenvalue weighted by molar-refractivity contribution is -0.174. The molecule has 0 radical (unpaired) electrons. The Morgan fingerprint density at radius 3 is 2.34 bits per heavy atom. The minimum Gasteiger partial charge on any atom is -0.469 e. The monoisotopic (exact) mass is 406 g/mol. The zero-order chi connectivity index (χ0) is 21.0. The normalized spacial score (nSPS) is 50.2. The lowest BCUT2D eigenvalue weighted by Gasteiger charge is -2.62. The molecule has 10 atom stereocenters. The molecule has 29 heavy (non-hydrogen) atoms. The van der Waals surface area contributed by atoms with E-state index in [0.29, 0.717) is 29.6 Å². The highest BCUT2D eigenvalue weighted by molar-refractivity contribution is 5.69. The molecule has 2 N–H and O–H groups in total. The number of ether oxygens (including phenoxy) is 1. The molecular weight excluding hydrogens is 364 g/mol. The van der Waals surface area contributed by atoms with Gasteiger partial charge < -0.3 is 14.9 Å². The van der Waals surface area contributed by atoms with E-state index in [2.05, 4.69) is 20.8 Å². The number of aliphatic hydroxyl groups is 2. The number of hydrogen-bond donors (Lipinski definition) is 2. The van der Waals surface area contributed by atoms with Crippen LogP contribution in [-0.4, -0.2) is 35.5 Å². The van der Waals surface area contributed by atoms with Gasteiger partial charge in [0.15, 0.2) is 0 Å². The fraction of sp³-hybridized carbons (Fsp3) is 0.960. The summed E-state index contributed by atoms with van der Waals surface area (Å²) in [6.45, 7) is 7.33. The molecule has 4 heteroatoms. The molecule has 4 rings (SSSR count). The van der Waals surface area contributed by atoms with Gasteiger partial charge in [-0.25, -0.2) is 0 Å². The fourth-order valence-corrected chi connectivity index (χ4v) is 8.94. The predicted molar refractivity (Wildman–Crippen MR) is 113 cm³/mol. The molecule has 0 aliphatic heterocycles. The molecule has 0 bridgehead atoms. The summed E-state index contributed by atoms with van der Waals surface area (Å²) in [5, 5.41) is 21.0. The third-order valence-corrected chi connectivity index (χ3v) is 10.5. The van der Waals surface area contributed by atoms with Gasteiger partial charge in [-0.15, -0.1) is 0 Å². The molecule has 166 valence electrons. The third-order valence-electron chi connectivity index (χ3n) is 10.5. The van der Waals surface area contributed by atoms with E-state index >= 15 is 0 Å². The highest BCUT2D eigenvalue weighted by Gasteiger charge is 2.61. The Labute approximate surface area is 176 Å². The van der Waals surface area contributed by atoms with Crippen LogP contribution in [-0.2, 0) is 9.53 Å². The standard InChI is InChI=1S/C25H42O4/c1-15(5-10-22(27)29-4)17-8-9-18-16-6-7-20-23(28)21(26)12-14-25(20,3)19(16)11-13-24(17,18)2/h15-21,23,26,28H,5-14H2,1-4H3/t15-,16+,17-,18+,19+,20-,21+,23-,24-,25-/m1/s1. The Balaban J connectivity index is 1.50. The van der Waals surface area contributed by atoms with E-state index in [0.717, 1.165) is 37.5 Å². The lowest BCUT2D eigenvalue weighted by atomic mass is 9.44. The Hall–Kier alpha value is -0.610. The van der Waals surface area contributed by atoms with Crippen molar-refractivity contribution in [2.45, 2.75) is 97.2 Å². The van der Waals surface area contributed by atoms with Crippen molar-refractivity contribution in [3.05, 3.63) is 0 Å². The number of fused-ring (bicyclic) bond motifs is 5. The number of esters is 1. The number of aliphatic hydroxyl groups excluding tert-OH is 2. The van der Waals surface area contributed by atoms with Crippen molar-refractivity contribution in [1.29, 1.82) is 0 Å². The molecule has 0 aromatic carbocycles. The van der Waals surface area contributed by atoms with Gasteiger partial charge in [-0.1, -0.05) is 20.8 Å². The number of hydrogen-bond acceptors (Lipinski definition) is 4. The van der Waals surface area contributed by atoms with Crippen LogP contribution in [0.3, 0.4) is 0 Å². The van der Waals surface area contributed by atoms with E-state index in [1.165, 1.54) is 39.2 Å². The Morgan fingerprint density at radius 1 is 0.966 bits per heavy atom. The molecule has 0 aromatic heterocycles. The van der Waals surface area contributed by atoms with Gasteiger partial charge in [0, 0.05) is 6.42 Å². The van der Waals surface area contributed by atoms with Gasteiger partial charge in [-0.2, -0.15) is 0 Å². The minimum absolute atomic E-state index is 0.0791. The van der Waals surface area contributed by atoms with Crippen LogP contribution in [0, 0.1) is 46.3 Å². The van der Waals surface area contributed by atoms with Crippen molar-refractivity contribution < 1.29 is 19.7 Å². The average Bonchev–Trinajstić information content (AvgIpc) is 3.06. The smallest absolute Gasteiger partial charge is 0.305 e. The van der Waals surface area contributed by atoms with Crippen LogP contribution >= 0.6 is 0 Å². The first-order valence-corrected chi connectivity index (χ1v) is 12.2. The van der Waals surface area contributed by atoms with Crippen LogP contribution < -0.4 is 0 Å². The van der Waals surface area contributed by atoms with Gasteiger partial charge in [-0.3, -0.25) is 4.79 Å².